The maximum atomic E-state index is 12.0. The summed E-state index contributed by atoms with van der Waals surface area (Å²) in [5, 5.41) is 9.00. The maximum absolute atomic E-state index is 12.0. The maximum Gasteiger partial charge on any atom is 0.226 e. The largest absolute Gasteiger partial charge is 0.369 e. The third kappa shape index (κ3) is 4.68. The van der Waals surface area contributed by atoms with Gasteiger partial charge in [0.1, 0.15) is 5.69 Å². The lowest BCUT2D eigenvalue weighted by molar-refractivity contribution is -0.123. The van der Waals surface area contributed by atoms with E-state index in [2.05, 4.69) is 39.9 Å². The van der Waals surface area contributed by atoms with E-state index in [-0.39, 0.29) is 11.8 Å². The minimum atomic E-state index is -0.191. The molecule has 4 rings (SSSR count). The van der Waals surface area contributed by atoms with E-state index in [9.17, 15) is 4.79 Å². The van der Waals surface area contributed by atoms with E-state index in [1.54, 1.807) is 0 Å². The van der Waals surface area contributed by atoms with Crippen LogP contribution in [0.4, 0.5) is 5.69 Å². The zero-order valence-corrected chi connectivity index (χ0v) is 17.7. The number of benzene rings is 2. The highest BCUT2D eigenvalue weighted by Crippen LogP contribution is 2.31. The number of piperidine rings is 1. The van der Waals surface area contributed by atoms with E-state index >= 15 is 0 Å². The standard InChI is InChI=1S/C25H27N5O/c26-15-20-8-10-21(11-9-20)17-29-19-28-16-23(29)12-14-30(24-6-2-1-3-7-24)13-4-5-22(18-30)25(27)31/h1-3,6-11,16,19,22H,4-5,12-14,17-18H2,(H-,27,31)/p+1. The van der Waals surface area contributed by atoms with Gasteiger partial charge in [-0.25, -0.2) is 4.98 Å². The van der Waals surface area contributed by atoms with Crippen molar-refractivity contribution in [3.63, 3.8) is 0 Å². The summed E-state index contributed by atoms with van der Waals surface area (Å²) < 4.78 is 2.94. The van der Waals surface area contributed by atoms with Crippen LogP contribution in [0.15, 0.2) is 67.1 Å². The second-order valence-corrected chi connectivity index (χ2v) is 8.42. The molecule has 2 unspecified atom stereocenters. The molecule has 3 aromatic rings. The Bertz CT molecular complexity index is 1070. The van der Waals surface area contributed by atoms with Crippen LogP contribution in [0.5, 0.6) is 0 Å². The minimum absolute atomic E-state index is 0.0856. The van der Waals surface area contributed by atoms with Gasteiger partial charge in [0.25, 0.3) is 0 Å². The second-order valence-electron chi connectivity index (χ2n) is 8.42. The molecule has 1 fully saturated rings. The summed E-state index contributed by atoms with van der Waals surface area (Å²) >= 11 is 0. The minimum Gasteiger partial charge on any atom is -0.369 e. The van der Waals surface area contributed by atoms with Crippen LogP contribution < -0.4 is 10.2 Å². The zero-order valence-electron chi connectivity index (χ0n) is 17.7. The van der Waals surface area contributed by atoms with Gasteiger partial charge in [-0.2, -0.15) is 5.26 Å². The van der Waals surface area contributed by atoms with Crippen molar-refractivity contribution < 1.29 is 4.79 Å². The molecule has 1 aliphatic heterocycles. The number of nitrogens with two attached hydrogens (primary N) is 1. The van der Waals surface area contributed by atoms with Crippen LogP contribution >= 0.6 is 0 Å². The van der Waals surface area contributed by atoms with Crippen LogP contribution in [-0.4, -0.2) is 35.1 Å². The van der Waals surface area contributed by atoms with Gasteiger partial charge in [0, 0.05) is 24.9 Å². The topological polar surface area (TPSA) is 84.7 Å². The van der Waals surface area contributed by atoms with Gasteiger partial charge in [0.05, 0.1) is 43.5 Å². The normalized spacial score (nSPS) is 20.8. The number of hydrogen-bond donors (Lipinski definition) is 1. The number of rotatable bonds is 7. The van der Waals surface area contributed by atoms with Crippen molar-refractivity contribution >= 4 is 11.6 Å². The average Bonchev–Trinajstić information content (AvgIpc) is 3.26. The van der Waals surface area contributed by atoms with E-state index in [0.717, 1.165) is 55.5 Å². The molecule has 1 saturated heterocycles. The molecule has 0 aliphatic carbocycles. The van der Waals surface area contributed by atoms with Gasteiger partial charge in [-0.3, -0.25) is 9.28 Å². The highest BCUT2D eigenvalue weighted by Gasteiger charge is 2.39. The number of nitrogens with zero attached hydrogens (tertiary/aromatic N) is 4. The fourth-order valence-corrected chi connectivity index (χ4v) is 4.70. The molecule has 6 heteroatoms. The molecule has 0 saturated carbocycles. The molecule has 31 heavy (non-hydrogen) atoms. The van der Waals surface area contributed by atoms with Gasteiger partial charge in [0.15, 0.2) is 0 Å². The lowest BCUT2D eigenvalue weighted by Crippen LogP contribution is -2.58. The van der Waals surface area contributed by atoms with Gasteiger partial charge in [0.2, 0.25) is 5.91 Å². The Morgan fingerprint density at radius 2 is 1.97 bits per heavy atom. The predicted molar refractivity (Wildman–Crippen MR) is 121 cm³/mol. The van der Waals surface area contributed by atoms with Crippen molar-refractivity contribution in [2.75, 3.05) is 19.6 Å². The number of imidazole rings is 1. The van der Waals surface area contributed by atoms with Crippen LogP contribution in [-0.2, 0) is 17.8 Å². The van der Waals surface area contributed by atoms with E-state index in [1.807, 2.05) is 42.9 Å². The molecule has 1 aliphatic rings. The summed E-state index contributed by atoms with van der Waals surface area (Å²) in [6, 6.07) is 20.3. The summed E-state index contributed by atoms with van der Waals surface area (Å²) in [4.78, 5) is 16.4. The first-order valence-corrected chi connectivity index (χ1v) is 10.8. The molecule has 1 aromatic heterocycles. The molecule has 0 spiro atoms. The Morgan fingerprint density at radius 3 is 2.68 bits per heavy atom. The Morgan fingerprint density at radius 1 is 1.19 bits per heavy atom. The second kappa shape index (κ2) is 9.15. The number of para-hydroxylation sites is 1. The molecule has 0 bridgehead atoms. The van der Waals surface area contributed by atoms with Crippen molar-refractivity contribution in [3.8, 4) is 6.07 Å². The molecule has 2 aromatic carbocycles. The number of primary amides is 1. The van der Waals surface area contributed by atoms with Crippen LogP contribution in [0.3, 0.4) is 0 Å². The Hall–Kier alpha value is -3.43. The molecule has 2 heterocycles. The molecular weight excluding hydrogens is 386 g/mol. The number of aromatic nitrogens is 2. The van der Waals surface area contributed by atoms with Crippen molar-refractivity contribution in [1.29, 1.82) is 5.26 Å². The van der Waals surface area contributed by atoms with Gasteiger partial charge in [-0.15, -0.1) is 0 Å². The van der Waals surface area contributed by atoms with Crippen molar-refractivity contribution in [2.24, 2.45) is 11.7 Å². The number of quaternary nitrogens is 1. The zero-order chi connectivity index (χ0) is 21.7. The van der Waals surface area contributed by atoms with Crippen molar-refractivity contribution in [2.45, 2.75) is 25.8 Å². The summed E-state index contributed by atoms with van der Waals surface area (Å²) in [6.07, 6.45) is 6.52. The van der Waals surface area contributed by atoms with E-state index in [4.69, 9.17) is 11.0 Å². The highest BCUT2D eigenvalue weighted by molar-refractivity contribution is 5.77. The third-order valence-corrected chi connectivity index (χ3v) is 6.45. The van der Waals surface area contributed by atoms with Gasteiger partial charge < -0.3 is 10.3 Å². The first-order chi connectivity index (χ1) is 15.1. The van der Waals surface area contributed by atoms with Gasteiger partial charge >= 0.3 is 0 Å². The Balaban J connectivity index is 1.54. The lowest BCUT2D eigenvalue weighted by atomic mass is 9.93. The number of nitriles is 1. The number of hydrogen-bond acceptors (Lipinski definition) is 3. The molecule has 0 radical (unpaired) electrons. The number of amides is 1. The van der Waals surface area contributed by atoms with Crippen LogP contribution in [0.2, 0.25) is 0 Å². The molecule has 6 nitrogen and oxygen atoms in total. The van der Waals surface area contributed by atoms with Crippen LogP contribution in [0.1, 0.15) is 29.7 Å². The summed E-state index contributed by atoms with van der Waals surface area (Å²) in [5.74, 6) is -0.276. The van der Waals surface area contributed by atoms with E-state index in [0.29, 0.717) is 5.56 Å². The van der Waals surface area contributed by atoms with Crippen LogP contribution in [0.25, 0.3) is 0 Å². The average molecular weight is 415 g/mol. The molecule has 1 amide bonds. The SMILES string of the molecule is N#Cc1ccc(Cn2cncc2CC[N+]2(c3ccccc3)CCCC(C(N)=O)C2)cc1. The Labute approximate surface area is 183 Å². The van der Waals surface area contributed by atoms with Gasteiger partial charge in [-0.05, 0) is 42.7 Å². The summed E-state index contributed by atoms with van der Waals surface area (Å²) in [7, 11) is 0. The highest BCUT2D eigenvalue weighted by atomic mass is 16.1. The quantitative estimate of drug-likeness (QED) is 0.602. The first kappa shape index (κ1) is 20.8. The number of carbonyl (C=O) groups excluding carboxylic acids is 1. The molecular formula is C25H28N5O+. The number of carbonyl (C=O) groups is 1. The Kier molecular flexibility index (Phi) is 6.15. The van der Waals surface area contributed by atoms with E-state index in [1.165, 1.54) is 11.4 Å². The fourth-order valence-electron chi connectivity index (χ4n) is 4.70. The molecule has 158 valence electrons. The van der Waals surface area contributed by atoms with Crippen LogP contribution in [0, 0.1) is 17.2 Å². The first-order valence-electron chi connectivity index (χ1n) is 10.8. The predicted octanol–water partition coefficient (Wildman–Crippen LogP) is 3.25. The molecule has 2 N–H and O–H groups in total. The smallest absolute Gasteiger partial charge is 0.226 e. The van der Waals surface area contributed by atoms with Gasteiger partial charge in [-0.1, -0.05) is 30.3 Å². The van der Waals surface area contributed by atoms with E-state index < -0.39 is 0 Å². The third-order valence-electron chi connectivity index (χ3n) is 6.45. The monoisotopic (exact) mass is 414 g/mol. The number of likely N-dealkylation sites (tertiary alicyclic amines) is 1. The van der Waals surface area contributed by atoms with Crippen molar-refractivity contribution in [1.82, 2.24) is 14.0 Å². The molecule has 2 atom stereocenters. The summed E-state index contributed by atoms with van der Waals surface area (Å²) in [5.41, 5.74) is 9.91. The van der Waals surface area contributed by atoms with Crippen molar-refractivity contribution in [3.05, 3.63) is 83.9 Å². The fraction of sp³-hybridized carbons (Fsp3) is 0.320. The lowest BCUT2D eigenvalue weighted by Gasteiger charge is -2.43. The summed E-state index contributed by atoms with van der Waals surface area (Å²) in [6.45, 7) is 3.38.